The number of rotatable bonds is 4. The summed E-state index contributed by atoms with van der Waals surface area (Å²) in [5, 5.41) is 8.69. The average Bonchev–Trinajstić information content (AvgIpc) is 2.76. The van der Waals surface area contributed by atoms with Crippen LogP contribution in [0.15, 0.2) is 36.4 Å². The van der Waals surface area contributed by atoms with Crippen molar-refractivity contribution in [3.05, 3.63) is 88.0 Å². The van der Waals surface area contributed by atoms with E-state index in [1.807, 2.05) is 6.92 Å². The molecule has 3 aromatic rings. The molecule has 0 N–H and O–H groups in total. The van der Waals surface area contributed by atoms with E-state index in [0.717, 1.165) is 24.3 Å². The molecular weight excluding hydrogens is 444 g/mol. The van der Waals surface area contributed by atoms with Crippen molar-refractivity contribution in [2.24, 2.45) is 0 Å². The molecule has 168 valence electrons. The van der Waals surface area contributed by atoms with E-state index in [2.05, 4.69) is 11.8 Å². The second-order valence-electron chi connectivity index (χ2n) is 7.06. The Morgan fingerprint density at radius 1 is 0.788 bits per heavy atom. The van der Waals surface area contributed by atoms with Gasteiger partial charge in [-0.15, -0.1) is 0 Å². The van der Waals surface area contributed by atoms with Gasteiger partial charge in [0.15, 0.2) is 11.6 Å². The Balaban J connectivity index is 1.95. The Morgan fingerprint density at radius 3 is 2.00 bits per heavy atom. The fourth-order valence-electron chi connectivity index (χ4n) is 2.89. The summed E-state index contributed by atoms with van der Waals surface area (Å²) in [6.45, 7) is 3.60. The van der Waals surface area contributed by atoms with Gasteiger partial charge < -0.3 is 4.74 Å². The van der Waals surface area contributed by atoms with E-state index in [4.69, 9.17) is 10.00 Å². The zero-order valence-corrected chi connectivity index (χ0v) is 17.4. The number of nitrogens with zero attached hydrogens (tertiary/aromatic N) is 1. The van der Waals surface area contributed by atoms with Gasteiger partial charge in [0.05, 0.1) is 11.7 Å². The van der Waals surface area contributed by atoms with Crippen LogP contribution in [-0.4, -0.2) is 6.10 Å². The quantitative estimate of drug-likeness (QED) is 0.249. The van der Waals surface area contributed by atoms with Crippen molar-refractivity contribution in [3.8, 4) is 34.8 Å². The van der Waals surface area contributed by atoms with Crippen molar-refractivity contribution in [1.82, 2.24) is 0 Å². The summed E-state index contributed by atoms with van der Waals surface area (Å²) in [6, 6.07) is 6.70. The average molecular weight is 459 g/mol. The summed E-state index contributed by atoms with van der Waals surface area (Å²) in [5.74, 6) is -3.02. The van der Waals surface area contributed by atoms with E-state index in [9.17, 15) is 26.3 Å². The standard InChI is InChI=1S/C25H15F6NO/c1-3-13(2)33-15-9-21(27)17(22(28)10-15)7-5-14-4-6-16(20(26)8-14)18-11-23(29)19(12-32)25(31)24(18)30/h4,6,8-11,13H,3H2,1-2H3. The van der Waals surface area contributed by atoms with E-state index in [0.29, 0.717) is 12.5 Å². The Morgan fingerprint density at radius 2 is 1.42 bits per heavy atom. The molecule has 0 spiro atoms. The SMILES string of the molecule is CCC(C)Oc1cc(F)c(C#Cc2ccc(-c3cc(F)c(C#N)c(F)c3F)c(F)c2)c(F)c1. The molecule has 0 amide bonds. The lowest BCUT2D eigenvalue weighted by Gasteiger charge is -2.13. The van der Waals surface area contributed by atoms with E-state index in [-0.39, 0.29) is 17.4 Å². The second kappa shape index (κ2) is 9.70. The normalized spacial score (nSPS) is 11.4. The molecule has 1 atom stereocenters. The van der Waals surface area contributed by atoms with E-state index in [1.54, 1.807) is 6.92 Å². The van der Waals surface area contributed by atoms with Gasteiger partial charge in [0.2, 0.25) is 0 Å². The molecule has 0 saturated heterocycles. The first-order valence-corrected chi connectivity index (χ1v) is 9.71. The van der Waals surface area contributed by atoms with Crippen LogP contribution in [0.5, 0.6) is 5.75 Å². The van der Waals surface area contributed by atoms with Gasteiger partial charge >= 0.3 is 0 Å². The van der Waals surface area contributed by atoms with Gasteiger partial charge in [0, 0.05) is 28.8 Å². The van der Waals surface area contributed by atoms with Gasteiger partial charge in [0.25, 0.3) is 0 Å². The molecule has 0 aliphatic heterocycles. The molecule has 0 bridgehead atoms. The highest BCUT2D eigenvalue weighted by atomic mass is 19.2. The Bertz CT molecular complexity index is 1310. The molecular formula is C25H15F6NO. The number of benzene rings is 3. The minimum atomic E-state index is -1.73. The summed E-state index contributed by atoms with van der Waals surface area (Å²) in [5.41, 5.74) is -2.91. The van der Waals surface area contributed by atoms with Crippen LogP contribution in [0.2, 0.25) is 0 Å². The molecule has 0 aromatic heterocycles. The summed E-state index contributed by atoms with van der Waals surface area (Å²) < 4.78 is 90.4. The van der Waals surface area contributed by atoms with Crippen LogP contribution in [0.4, 0.5) is 26.3 Å². The number of ether oxygens (including phenoxy) is 1. The highest BCUT2D eigenvalue weighted by molar-refractivity contribution is 5.67. The van der Waals surface area contributed by atoms with E-state index in [1.165, 1.54) is 12.1 Å². The van der Waals surface area contributed by atoms with Crippen LogP contribution >= 0.6 is 0 Å². The highest BCUT2D eigenvalue weighted by Crippen LogP contribution is 2.30. The number of halogens is 6. The largest absolute Gasteiger partial charge is 0.491 e. The molecule has 0 aliphatic carbocycles. The van der Waals surface area contributed by atoms with Gasteiger partial charge in [-0.1, -0.05) is 24.8 Å². The molecule has 2 nitrogen and oxygen atoms in total. The maximum atomic E-state index is 14.5. The predicted octanol–water partition coefficient (Wildman–Crippen LogP) is 6.64. The fraction of sp³-hybridized carbons (Fsp3) is 0.160. The Labute approximate surface area is 186 Å². The van der Waals surface area contributed by atoms with Gasteiger partial charge in [-0.2, -0.15) is 5.26 Å². The lowest BCUT2D eigenvalue weighted by molar-refractivity contribution is 0.215. The molecule has 0 radical (unpaired) electrons. The number of hydrogen-bond donors (Lipinski definition) is 0. The summed E-state index contributed by atoms with van der Waals surface area (Å²) in [4.78, 5) is 0. The smallest absolute Gasteiger partial charge is 0.180 e. The van der Waals surface area contributed by atoms with Crippen LogP contribution in [0.25, 0.3) is 11.1 Å². The zero-order valence-electron chi connectivity index (χ0n) is 17.4. The van der Waals surface area contributed by atoms with Gasteiger partial charge in [-0.3, -0.25) is 0 Å². The minimum Gasteiger partial charge on any atom is -0.491 e. The first-order chi connectivity index (χ1) is 15.7. The summed E-state index contributed by atoms with van der Waals surface area (Å²) in [7, 11) is 0. The van der Waals surface area contributed by atoms with Crippen LogP contribution in [0.1, 0.15) is 37.0 Å². The third kappa shape index (κ3) is 4.96. The van der Waals surface area contributed by atoms with Crippen molar-refractivity contribution < 1.29 is 31.1 Å². The number of hydrogen-bond acceptors (Lipinski definition) is 2. The molecule has 8 heteroatoms. The van der Waals surface area contributed by atoms with Crippen LogP contribution in [0.3, 0.4) is 0 Å². The Kier molecular flexibility index (Phi) is 6.98. The zero-order chi connectivity index (χ0) is 24.3. The molecule has 33 heavy (non-hydrogen) atoms. The van der Waals surface area contributed by atoms with Crippen molar-refractivity contribution >= 4 is 0 Å². The van der Waals surface area contributed by atoms with Gasteiger partial charge in [-0.05, 0) is 31.5 Å². The summed E-state index contributed by atoms with van der Waals surface area (Å²) in [6.07, 6.45) is 0.392. The summed E-state index contributed by atoms with van der Waals surface area (Å²) >= 11 is 0. The fourth-order valence-corrected chi connectivity index (χ4v) is 2.89. The molecule has 0 aliphatic rings. The molecule has 0 heterocycles. The maximum absolute atomic E-state index is 14.5. The molecule has 0 fully saturated rings. The monoisotopic (exact) mass is 459 g/mol. The van der Waals surface area contributed by atoms with Gasteiger partial charge in [-0.25, -0.2) is 26.3 Å². The lowest BCUT2D eigenvalue weighted by Crippen LogP contribution is -2.10. The van der Waals surface area contributed by atoms with Crippen molar-refractivity contribution in [3.63, 3.8) is 0 Å². The topological polar surface area (TPSA) is 33.0 Å². The molecule has 0 saturated carbocycles. The first kappa shape index (κ1) is 23.7. The predicted molar refractivity (Wildman–Crippen MR) is 109 cm³/mol. The van der Waals surface area contributed by atoms with E-state index >= 15 is 0 Å². The Hall–Kier alpha value is -3.91. The lowest BCUT2D eigenvalue weighted by atomic mass is 10.00. The van der Waals surface area contributed by atoms with Crippen LogP contribution in [0, 0.1) is 58.1 Å². The molecule has 1 unspecified atom stereocenters. The molecule has 3 rings (SSSR count). The third-order valence-electron chi connectivity index (χ3n) is 4.79. The first-order valence-electron chi connectivity index (χ1n) is 9.71. The van der Waals surface area contributed by atoms with Crippen molar-refractivity contribution in [1.29, 1.82) is 5.26 Å². The molecule has 3 aromatic carbocycles. The van der Waals surface area contributed by atoms with E-state index < -0.39 is 57.2 Å². The minimum absolute atomic E-state index is 0.00389. The number of nitriles is 1. The van der Waals surface area contributed by atoms with Crippen LogP contribution in [-0.2, 0) is 0 Å². The second-order valence-corrected chi connectivity index (χ2v) is 7.06. The van der Waals surface area contributed by atoms with Crippen LogP contribution < -0.4 is 4.74 Å². The maximum Gasteiger partial charge on any atom is 0.180 e. The third-order valence-corrected chi connectivity index (χ3v) is 4.79. The highest BCUT2D eigenvalue weighted by Gasteiger charge is 2.21. The van der Waals surface area contributed by atoms with Gasteiger partial charge in [0.1, 0.15) is 40.7 Å². The van der Waals surface area contributed by atoms with Crippen molar-refractivity contribution in [2.45, 2.75) is 26.4 Å². The van der Waals surface area contributed by atoms with Crippen molar-refractivity contribution in [2.75, 3.05) is 0 Å².